The molecular weight excluding hydrogens is 310 g/mol. The lowest BCUT2D eigenvalue weighted by molar-refractivity contribution is -0.384. The molecule has 0 fully saturated rings. The molecule has 1 aromatic rings. The van der Waals surface area contributed by atoms with E-state index < -0.39 is 0 Å². The first-order valence-corrected chi connectivity index (χ1v) is 7.49. The van der Waals surface area contributed by atoms with Crippen molar-refractivity contribution >= 4 is 40.6 Å². The summed E-state index contributed by atoms with van der Waals surface area (Å²) in [6.45, 7) is 0. The second-order valence-electron chi connectivity index (χ2n) is 4.75. The van der Waals surface area contributed by atoms with Crippen molar-refractivity contribution in [2.75, 3.05) is 5.75 Å². The molecule has 0 saturated carbocycles. The lowest BCUT2D eigenvalue weighted by Gasteiger charge is -2.20. The summed E-state index contributed by atoms with van der Waals surface area (Å²) in [6.07, 6.45) is 4.16. The van der Waals surface area contributed by atoms with Crippen molar-refractivity contribution in [2.24, 2.45) is 5.73 Å². The Morgan fingerprint density at radius 3 is 2.76 bits per heavy atom. The van der Waals surface area contributed by atoms with Crippen molar-refractivity contribution in [3.05, 3.63) is 45.5 Å². The van der Waals surface area contributed by atoms with E-state index in [0.29, 0.717) is 5.75 Å². The van der Waals surface area contributed by atoms with Crippen molar-refractivity contribution in [3.8, 4) is 0 Å². The minimum atomic E-state index is -0.364. The topological polar surface area (TPSA) is 93.0 Å². The Bertz CT molecular complexity index is 575. The van der Waals surface area contributed by atoms with Gasteiger partial charge in [-0.05, 0) is 36.8 Å². The number of hydrogen-bond donors (Lipinski definition) is 2. The normalized spacial score (nSPS) is 14.5. The van der Waals surface area contributed by atoms with Gasteiger partial charge in [-0.15, -0.1) is 12.4 Å². The predicted octanol–water partition coefficient (Wildman–Crippen LogP) is 3.97. The Balaban J connectivity index is 0.00000220. The molecule has 0 atom stereocenters. The zero-order chi connectivity index (χ0) is 14.5. The lowest BCUT2D eigenvalue weighted by atomic mass is 9.88. The molecule has 0 saturated heterocycles. The van der Waals surface area contributed by atoms with E-state index in [4.69, 9.17) is 11.1 Å². The summed E-state index contributed by atoms with van der Waals surface area (Å²) in [5, 5.41) is 18.3. The molecule has 0 aliphatic heterocycles. The number of nitrogens with two attached hydrogens (primary N) is 1. The molecule has 1 aliphatic carbocycles. The first-order chi connectivity index (χ1) is 9.58. The highest BCUT2D eigenvalue weighted by Crippen LogP contribution is 2.35. The molecule has 114 valence electrons. The quantitative estimate of drug-likeness (QED) is 0.378. The highest BCUT2D eigenvalue weighted by Gasteiger charge is 2.16. The van der Waals surface area contributed by atoms with E-state index in [0.717, 1.165) is 31.2 Å². The van der Waals surface area contributed by atoms with Crippen molar-refractivity contribution in [1.29, 1.82) is 5.41 Å². The first kappa shape index (κ1) is 17.5. The van der Waals surface area contributed by atoms with Crippen LogP contribution in [0, 0.1) is 15.5 Å². The van der Waals surface area contributed by atoms with Crippen LogP contribution in [0.2, 0.25) is 0 Å². The molecule has 0 spiro atoms. The van der Waals surface area contributed by atoms with Gasteiger partial charge in [0.05, 0.1) is 4.92 Å². The van der Waals surface area contributed by atoms with Gasteiger partial charge in [0.2, 0.25) is 0 Å². The maximum absolute atomic E-state index is 10.9. The minimum absolute atomic E-state index is 0. The Morgan fingerprint density at radius 2 is 2.10 bits per heavy atom. The molecule has 3 N–H and O–H groups in total. The summed E-state index contributed by atoms with van der Waals surface area (Å²) in [5.41, 5.74) is 8.89. The first-order valence-electron chi connectivity index (χ1n) is 6.50. The number of halogens is 1. The molecule has 1 aliphatic rings. The Labute approximate surface area is 134 Å². The van der Waals surface area contributed by atoms with E-state index in [1.807, 2.05) is 6.07 Å². The van der Waals surface area contributed by atoms with Gasteiger partial charge in [-0.2, -0.15) is 0 Å². The average molecular weight is 328 g/mol. The summed E-state index contributed by atoms with van der Waals surface area (Å²) in [7, 11) is 0. The third-order valence-electron chi connectivity index (χ3n) is 3.39. The molecule has 0 radical (unpaired) electrons. The number of benzene rings is 1. The van der Waals surface area contributed by atoms with Crippen LogP contribution >= 0.6 is 24.2 Å². The van der Waals surface area contributed by atoms with Crippen molar-refractivity contribution < 1.29 is 4.92 Å². The molecule has 21 heavy (non-hydrogen) atoms. The molecule has 0 bridgehead atoms. The van der Waals surface area contributed by atoms with Gasteiger partial charge in [-0.1, -0.05) is 29.5 Å². The summed E-state index contributed by atoms with van der Waals surface area (Å²) in [4.78, 5) is 10.5. The molecule has 0 amide bonds. The third kappa shape index (κ3) is 4.75. The number of thioether (sulfide) groups is 1. The van der Waals surface area contributed by atoms with Crippen molar-refractivity contribution in [3.63, 3.8) is 0 Å². The second-order valence-corrected chi connectivity index (χ2v) is 5.77. The Kier molecular flexibility index (Phi) is 6.71. The summed E-state index contributed by atoms with van der Waals surface area (Å²) < 4.78 is 0. The summed E-state index contributed by atoms with van der Waals surface area (Å²) in [6, 6.07) is 6.80. The van der Waals surface area contributed by atoms with E-state index in [9.17, 15) is 10.1 Å². The van der Waals surface area contributed by atoms with Gasteiger partial charge in [0, 0.05) is 17.9 Å². The highest BCUT2D eigenvalue weighted by atomic mass is 35.5. The largest absolute Gasteiger partial charge is 0.379 e. The molecule has 0 aromatic heterocycles. The van der Waals surface area contributed by atoms with Crippen LogP contribution in [0.4, 0.5) is 5.69 Å². The van der Waals surface area contributed by atoms with Crippen LogP contribution in [0.1, 0.15) is 31.2 Å². The molecule has 1 aromatic carbocycles. The summed E-state index contributed by atoms with van der Waals surface area (Å²) in [5.74, 6) is 0.702. The number of rotatable bonds is 4. The third-order valence-corrected chi connectivity index (χ3v) is 4.19. The van der Waals surface area contributed by atoms with Crippen LogP contribution in [0.5, 0.6) is 0 Å². The maximum Gasteiger partial charge on any atom is 0.270 e. The highest BCUT2D eigenvalue weighted by molar-refractivity contribution is 8.13. The number of nitro groups is 1. The fourth-order valence-corrected chi connectivity index (χ4v) is 3.10. The Morgan fingerprint density at radius 1 is 1.38 bits per heavy atom. The van der Waals surface area contributed by atoms with Crippen LogP contribution in [0.3, 0.4) is 0 Å². The maximum atomic E-state index is 10.9. The standard InChI is InChI=1S/C14H17N3O2S.ClH/c15-14(16)20-9-11-4-1-2-7-13(11)10-5-3-6-12(8-10)17(18)19;/h3,5-6,8H,1-2,4,7,9H2,(H3,15,16);1H. The van der Waals surface area contributed by atoms with Gasteiger partial charge < -0.3 is 5.73 Å². The number of nitro benzene ring substituents is 1. The monoisotopic (exact) mass is 327 g/mol. The van der Waals surface area contributed by atoms with Crippen LogP contribution in [-0.4, -0.2) is 15.8 Å². The van der Waals surface area contributed by atoms with E-state index in [-0.39, 0.29) is 28.2 Å². The fourth-order valence-electron chi connectivity index (χ4n) is 2.45. The smallest absolute Gasteiger partial charge is 0.270 e. The van der Waals surface area contributed by atoms with Gasteiger partial charge in [0.1, 0.15) is 0 Å². The van der Waals surface area contributed by atoms with Crippen LogP contribution in [0.15, 0.2) is 29.8 Å². The number of nitrogens with zero attached hydrogens (tertiary/aromatic N) is 1. The van der Waals surface area contributed by atoms with E-state index in [1.165, 1.54) is 29.0 Å². The van der Waals surface area contributed by atoms with Gasteiger partial charge >= 0.3 is 0 Å². The molecular formula is C14H18ClN3O2S. The van der Waals surface area contributed by atoms with E-state index >= 15 is 0 Å². The van der Waals surface area contributed by atoms with E-state index in [2.05, 4.69) is 0 Å². The number of nitrogens with one attached hydrogen (secondary N) is 1. The molecule has 0 unspecified atom stereocenters. The van der Waals surface area contributed by atoms with Crippen LogP contribution in [0.25, 0.3) is 5.57 Å². The van der Waals surface area contributed by atoms with Crippen molar-refractivity contribution in [1.82, 2.24) is 0 Å². The zero-order valence-electron chi connectivity index (χ0n) is 11.5. The Hall–Kier alpha value is -1.53. The van der Waals surface area contributed by atoms with Crippen LogP contribution < -0.4 is 5.73 Å². The second kappa shape index (κ2) is 8.05. The molecule has 0 heterocycles. The number of amidine groups is 1. The van der Waals surface area contributed by atoms with E-state index in [1.54, 1.807) is 12.1 Å². The summed E-state index contributed by atoms with van der Waals surface area (Å²) >= 11 is 1.32. The van der Waals surface area contributed by atoms with Crippen molar-refractivity contribution in [2.45, 2.75) is 25.7 Å². The lowest BCUT2D eigenvalue weighted by Crippen LogP contribution is -2.08. The zero-order valence-corrected chi connectivity index (χ0v) is 13.1. The molecule has 5 nitrogen and oxygen atoms in total. The van der Waals surface area contributed by atoms with Gasteiger partial charge in [-0.25, -0.2) is 0 Å². The number of hydrogen-bond acceptors (Lipinski definition) is 4. The molecule has 2 rings (SSSR count). The number of allylic oxidation sites excluding steroid dienone is 1. The van der Waals surface area contributed by atoms with Gasteiger partial charge in [0.25, 0.3) is 5.69 Å². The minimum Gasteiger partial charge on any atom is -0.379 e. The van der Waals surface area contributed by atoms with Gasteiger partial charge in [-0.3, -0.25) is 15.5 Å². The number of non-ortho nitro benzene ring substituents is 1. The fraction of sp³-hybridized carbons (Fsp3) is 0.357. The SMILES string of the molecule is Cl.N=C(N)SCC1=C(c2cccc([N+](=O)[O-])c2)CCCC1. The van der Waals surface area contributed by atoms with Crippen LogP contribution in [-0.2, 0) is 0 Å². The molecule has 7 heteroatoms. The average Bonchev–Trinajstić information content (AvgIpc) is 2.45. The van der Waals surface area contributed by atoms with Gasteiger partial charge in [0.15, 0.2) is 5.17 Å². The predicted molar refractivity (Wildman–Crippen MR) is 90.1 cm³/mol.